The monoisotopic (exact) mass is 403 g/mol. The molecule has 0 radical (unpaired) electrons. The van der Waals surface area contributed by atoms with Crippen LogP contribution in [0.2, 0.25) is 0 Å². The van der Waals surface area contributed by atoms with Crippen molar-refractivity contribution in [1.29, 1.82) is 0 Å². The molecule has 3 aromatic rings. The highest BCUT2D eigenvalue weighted by molar-refractivity contribution is 5.73. The van der Waals surface area contributed by atoms with Gasteiger partial charge >= 0.3 is 0 Å². The summed E-state index contributed by atoms with van der Waals surface area (Å²) in [5.74, 6) is 0.989. The maximum Gasteiger partial charge on any atom is 0.219 e. The van der Waals surface area contributed by atoms with Gasteiger partial charge in [0.2, 0.25) is 5.91 Å². The second kappa shape index (κ2) is 8.30. The van der Waals surface area contributed by atoms with Gasteiger partial charge in [-0.2, -0.15) is 5.10 Å². The van der Waals surface area contributed by atoms with Gasteiger partial charge in [0, 0.05) is 62.7 Å². The summed E-state index contributed by atoms with van der Waals surface area (Å²) in [6.45, 7) is 11.0. The van der Waals surface area contributed by atoms with Crippen LogP contribution in [-0.4, -0.2) is 51.8 Å². The molecule has 2 aromatic heterocycles. The fourth-order valence-corrected chi connectivity index (χ4v) is 4.11. The first-order valence-corrected chi connectivity index (χ1v) is 10.5. The number of aryl methyl sites for hydroxylation is 3. The van der Waals surface area contributed by atoms with Crippen LogP contribution in [0.5, 0.6) is 0 Å². The number of benzene rings is 1. The van der Waals surface area contributed by atoms with Crippen LogP contribution in [-0.2, 0) is 11.2 Å². The zero-order valence-corrected chi connectivity index (χ0v) is 18.2. The van der Waals surface area contributed by atoms with E-state index >= 15 is 0 Å². The third kappa shape index (κ3) is 4.37. The van der Waals surface area contributed by atoms with Crippen molar-refractivity contribution in [3.63, 3.8) is 0 Å². The van der Waals surface area contributed by atoms with Gasteiger partial charge in [-0.25, -0.2) is 9.67 Å². The Hall–Kier alpha value is -3.15. The zero-order valence-electron chi connectivity index (χ0n) is 18.2. The van der Waals surface area contributed by atoms with Gasteiger partial charge < -0.3 is 9.80 Å². The first-order valence-electron chi connectivity index (χ1n) is 10.5. The maximum absolute atomic E-state index is 11.7. The molecule has 0 spiro atoms. The number of pyridine rings is 1. The Labute approximate surface area is 178 Å². The van der Waals surface area contributed by atoms with E-state index in [1.54, 1.807) is 6.92 Å². The van der Waals surface area contributed by atoms with E-state index in [0.717, 1.165) is 61.2 Å². The van der Waals surface area contributed by atoms with Crippen molar-refractivity contribution in [1.82, 2.24) is 19.7 Å². The summed E-state index contributed by atoms with van der Waals surface area (Å²) in [5, 5.41) is 4.65. The Morgan fingerprint density at radius 1 is 1.00 bits per heavy atom. The van der Waals surface area contributed by atoms with Crippen LogP contribution in [0.1, 0.15) is 35.1 Å². The molecule has 0 bridgehead atoms. The largest absolute Gasteiger partial charge is 0.368 e. The Kier molecular flexibility index (Phi) is 5.57. The molecule has 0 N–H and O–H groups in total. The summed E-state index contributed by atoms with van der Waals surface area (Å²) in [6.07, 6.45) is 0.773. The van der Waals surface area contributed by atoms with Gasteiger partial charge in [0.1, 0.15) is 0 Å². The molecule has 3 heterocycles. The van der Waals surface area contributed by atoms with Crippen molar-refractivity contribution in [3.8, 4) is 5.82 Å². The summed E-state index contributed by atoms with van der Waals surface area (Å²) in [6, 6.07) is 14.9. The minimum absolute atomic E-state index is 0.146. The Balaban J connectivity index is 1.69. The lowest BCUT2D eigenvalue weighted by Crippen LogP contribution is -2.48. The second-order valence-corrected chi connectivity index (χ2v) is 8.17. The number of carbonyl (C=O) groups excluding carboxylic acids is 1. The Morgan fingerprint density at radius 3 is 2.40 bits per heavy atom. The number of nitrogens with zero attached hydrogens (tertiary/aromatic N) is 5. The molecule has 156 valence electrons. The lowest BCUT2D eigenvalue weighted by molar-refractivity contribution is -0.129. The van der Waals surface area contributed by atoms with Crippen molar-refractivity contribution < 1.29 is 4.79 Å². The van der Waals surface area contributed by atoms with E-state index in [4.69, 9.17) is 4.98 Å². The van der Waals surface area contributed by atoms with Crippen molar-refractivity contribution in [3.05, 3.63) is 70.7 Å². The summed E-state index contributed by atoms with van der Waals surface area (Å²) in [7, 11) is 0. The molecule has 0 unspecified atom stereocenters. The predicted octanol–water partition coefficient (Wildman–Crippen LogP) is 3.45. The summed E-state index contributed by atoms with van der Waals surface area (Å²) in [4.78, 5) is 20.9. The minimum Gasteiger partial charge on any atom is -0.368 e. The molecule has 1 aliphatic heterocycles. The predicted molar refractivity (Wildman–Crippen MR) is 119 cm³/mol. The zero-order chi connectivity index (χ0) is 21.3. The minimum atomic E-state index is 0.146. The SMILES string of the molecule is CC(=O)N1CCN(c2cc(Cc3cccc(C)c3)nc(-n3nc(C)cc3C)c2)CC1. The highest BCUT2D eigenvalue weighted by Crippen LogP contribution is 2.23. The Bertz CT molecular complexity index is 1060. The van der Waals surface area contributed by atoms with Gasteiger partial charge in [-0.15, -0.1) is 0 Å². The van der Waals surface area contributed by atoms with Gasteiger partial charge in [0.05, 0.1) is 5.69 Å². The number of amides is 1. The lowest BCUT2D eigenvalue weighted by Gasteiger charge is -2.36. The van der Waals surface area contributed by atoms with Crippen LogP contribution < -0.4 is 4.90 Å². The van der Waals surface area contributed by atoms with E-state index in [-0.39, 0.29) is 5.91 Å². The van der Waals surface area contributed by atoms with E-state index in [1.165, 1.54) is 11.1 Å². The van der Waals surface area contributed by atoms with Gasteiger partial charge in [0.15, 0.2) is 5.82 Å². The number of piperazine rings is 1. The molecule has 1 aromatic carbocycles. The van der Waals surface area contributed by atoms with Crippen molar-refractivity contribution in [2.45, 2.75) is 34.1 Å². The average molecular weight is 404 g/mol. The first-order chi connectivity index (χ1) is 14.4. The van der Waals surface area contributed by atoms with E-state index < -0.39 is 0 Å². The number of carbonyl (C=O) groups is 1. The number of anilines is 1. The highest BCUT2D eigenvalue weighted by Gasteiger charge is 2.20. The number of aromatic nitrogens is 3. The fraction of sp³-hybridized carbons (Fsp3) is 0.375. The van der Waals surface area contributed by atoms with Crippen LogP contribution >= 0.6 is 0 Å². The molecule has 4 rings (SSSR count). The smallest absolute Gasteiger partial charge is 0.219 e. The molecule has 0 saturated carbocycles. The van der Waals surface area contributed by atoms with E-state index in [0.29, 0.717) is 0 Å². The van der Waals surface area contributed by atoms with Crippen LogP contribution in [0.25, 0.3) is 5.82 Å². The molecule has 1 saturated heterocycles. The topological polar surface area (TPSA) is 54.3 Å². The Morgan fingerprint density at radius 2 is 1.77 bits per heavy atom. The quantitative estimate of drug-likeness (QED) is 0.670. The van der Waals surface area contributed by atoms with Crippen molar-refractivity contribution in [2.24, 2.45) is 0 Å². The van der Waals surface area contributed by atoms with Crippen molar-refractivity contribution >= 4 is 11.6 Å². The standard InChI is InChI=1S/C24H29N5O/c1-17-6-5-7-21(12-17)14-22-15-23(28-10-8-27(9-11-28)20(4)30)16-24(25-22)29-19(3)13-18(2)26-29/h5-7,12-13,15-16H,8-11,14H2,1-4H3. The number of rotatable bonds is 4. The van der Waals surface area contributed by atoms with Crippen LogP contribution in [0.4, 0.5) is 5.69 Å². The molecular formula is C24H29N5O. The third-order valence-corrected chi connectivity index (χ3v) is 5.63. The van der Waals surface area contributed by atoms with E-state index in [2.05, 4.69) is 66.3 Å². The molecule has 1 fully saturated rings. The molecular weight excluding hydrogens is 374 g/mol. The van der Waals surface area contributed by atoms with Gasteiger partial charge in [-0.1, -0.05) is 29.8 Å². The molecule has 6 heteroatoms. The molecule has 1 aliphatic rings. The van der Waals surface area contributed by atoms with E-state index in [1.807, 2.05) is 16.5 Å². The number of hydrogen-bond donors (Lipinski definition) is 0. The summed E-state index contributed by atoms with van der Waals surface area (Å²) < 4.78 is 1.92. The van der Waals surface area contributed by atoms with Crippen LogP contribution in [0, 0.1) is 20.8 Å². The van der Waals surface area contributed by atoms with Gasteiger partial charge in [-0.05, 0) is 38.5 Å². The third-order valence-electron chi connectivity index (χ3n) is 5.63. The highest BCUT2D eigenvalue weighted by atomic mass is 16.2. The normalized spacial score (nSPS) is 14.3. The van der Waals surface area contributed by atoms with Crippen LogP contribution in [0.3, 0.4) is 0 Å². The molecule has 0 atom stereocenters. The summed E-state index contributed by atoms with van der Waals surface area (Å²) in [5.41, 5.74) is 6.71. The number of hydrogen-bond acceptors (Lipinski definition) is 4. The molecule has 0 aliphatic carbocycles. The summed E-state index contributed by atoms with van der Waals surface area (Å²) >= 11 is 0. The van der Waals surface area contributed by atoms with Gasteiger partial charge in [0.25, 0.3) is 0 Å². The second-order valence-electron chi connectivity index (χ2n) is 8.17. The average Bonchev–Trinajstić information content (AvgIpc) is 3.06. The first kappa shape index (κ1) is 20.1. The molecule has 30 heavy (non-hydrogen) atoms. The van der Waals surface area contributed by atoms with E-state index in [9.17, 15) is 4.79 Å². The molecule has 1 amide bonds. The maximum atomic E-state index is 11.7. The van der Waals surface area contributed by atoms with Gasteiger partial charge in [-0.3, -0.25) is 4.79 Å². The van der Waals surface area contributed by atoms with Crippen LogP contribution in [0.15, 0.2) is 42.5 Å². The van der Waals surface area contributed by atoms with Crippen molar-refractivity contribution in [2.75, 3.05) is 31.1 Å². The fourth-order valence-electron chi connectivity index (χ4n) is 4.11. The molecule has 6 nitrogen and oxygen atoms in total. The lowest BCUT2D eigenvalue weighted by atomic mass is 10.1.